The molecule has 0 aromatic carbocycles. The van der Waals surface area contributed by atoms with Gasteiger partial charge in [-0.1, -0.05) is 0 Å². The van der Waals surface area contributed by atoms with Crippen LogP contribution in [0.3, 0.4) is 0 Å². The number of nitrogens with zero attached hydrogens (tertiary/aromatic N) is 5. The van der Waals surface area contributed by atoms with Gasteiger partial charge in [-0.2, -0.15) is 13.2 Å². The maximum atomic E-state index is 12.4. The van der Waals surface area contributed by atoms with Crippen LogP contribution in [0.2, 0.25) is 0 Å². The van der Waals surface area contributed by atoms with Crippen molar-refractivity contribution in [2.24, 2.45) is 4.99 Å². The SMILES string of the molecule is CCNC(=NCCN(C)CC(F)(F)F)N1CCN(CC(=O)N2CCOCC2)CC1. The van der Waals surface area contributed by atoms with Crippen LogP contribution in [0, 0.1) is 0 Å². The number of hydrogen-bond acceptors (Lipinski definition) is 5. The van der Waals surface area contributed by atoms with Crippen LogP contribution in [0.15, 0.2) is 4.99 Å². The van der Waals surface area contributed by atoms with Crippen LogP contribution >= 0.6 is 0 Å². The highest BCUT2D eigenvalue weighted by molar-refractivity contribution is 5.80. The van der Waals surface area contributed by atoms with Gasteiger partial charge < -0.3 is 19.9 Å². The van der Waals surface area contributed by atoms with E-state index in [-0.39, 0.29) is 12.5 Å². The number of piperazine rings is 1. The first-order valence-electron chi connectivity index (χ1n) is 10.1. The second-order valence-corrected chi connectivity index (χ2v) is 7.34. The van der Waals surface area contributed by atoms with Gasteiger partial charge in [0.25, 0.3) is 0 Å². The molecule has 0 aliphatic carbocycles. The molecule has 2 fully saturated rings. The number of likely N-dealkylation sites (N-methyl/N-ethyl adjacent to an activating group) is 1. The van der Waals surface area contributed by atoms with Gasteiger partial charge in [-0.25, -0.2) is 0 Å². The van der Waals surface area contributed by atoms with Crippen LogP contribution in [0.1, 0.15) is 6.92 Å². The number of alkyl halides is 3. The van der Waals surface area contributed by atoms with E-state index < -0.39 is 12.7 Å². The number of nitrogens with one attached hydrogen (secondary N) is 1. The summed E-state index contributed by atoms with van der Waals surface area (Å²) in [6, 6.07) is 0. The molecule has 0 bridgehead atoms. The third kappa shape index (κ3) is 8.75. The highest BCUT2D eigenvalue weighted by Crippen LogP contribution is 2.15. The van der Waals surface area contributed by atoms with Gasteiger partial charge in [-0.05, 0) is 14.0 Å². The Morgan fingerprint density at radius 1 is 1.10 bits per heavy atom. The number of carbonyl (C=O) groups excluding carboxylic acids is 1. The first kappa shape index (κ1) is 23.7. The van der Waals surface area contributed by atoms with Crippen molar-refractivity contribution in [1.29, 1.82) is 0 Å². The molecule has 2 heterocycles. The highest BCUT2D eigenvalue weighted by Gasteiger charge is 2.29. The third-order valence-electron chi connectivity index (χ3n) is 4.92. The van der Waals surface area contributed by atoms with Crippen molar-refractivity contribution < 1.29 is 22.7 Å². The van der Waals surface area contributed by atoms with Gasteiger partial charge in [0, 0.05) is 52.4 Å². The molecule has 0 saturated carbocycles. The first-order chi connectivity index (χ1) is 13.8. The van der Waals surface area contributed by atoms with Crippen molar-refractivity contribution in [2.75, 3.05) is 92.3 Å². The molecular weight excluding hydrogens is 389 g/mol. The van der Waals surface area contributed by atoms with Crippen molar-refractivity contribution in [3.63, 3.8) is 0 Å². The maximum Gasteiger partial charge on any atom is 0.401 e. The Hall–Kier alpha value is -1.59. The minimum atomic E-state index is -4.20. The Morgan fingerprint density at radius 2 is 1.76 bits per heavy atom. The van der Waals surface area contributed by atoms with Gasteiger partial charge >= 0.3 is 6.18 Å². The van der Waals surface area contributed by atoms with Crippen LogP contribution in [-0.4, -0.2) is 130 Å². The molecule has 168 valence electrons. The number of aliphatic imine (C=N–C) groups is 1. The number of rotatable bonds is 7. The zero-order chi connectivity index (χ0) is 21.3. The summed E-state index contributed by atoms with van der Waals surface area (Å²) in [7, 11) is 1.44. The lowest BCUT2D eigenvalue weighted by molar-refractivity contribution is -0.142. The molecule has 2 saturated heterocycles. The molecule has 2 rings (SSSR count). The normalized spacial score (nSPS) is 19.7. The molecule has 0 unspecified atom stereocenters. The van der Waals surface area contributed by atoms with Crippen LogP contribution in [0.5, 0.6) is 0 Å². The number of amides is 1. The summed E-state index contributed by atoms with van der Waals surface area (Å²) in [6.07, 6.45) is -4.20. The molecule has 1 N–H and O–H groups in total. The molecular formula is C18H33F3N6O2. The van der Waals surface area contributed by atoms with E-state index in [1.807, 2.05) is 11.8 Å². The first-order valence-corrected chi connectivity index (χ1v) is 10.1. The summed E-state index contributed by atoms with van der Waals surface area (Å²) in [5, 5.41) is 3.21. The fourth-order valence-electron chi connectivity index (χ4n) is 3.36. The molecule has 0 radical (unpaired) electrons. The van der Waals surface area contributed by atoms with E-state index in [0.29, 0.717) is 51.9 Å². The van der Waals surface area contributed by atoms with Gasteiger partial charge in [-0.15, -0.1) is 0 Å². The van der Waals surface area contributed by atoms with Crippen molar-refractivity contribution in [3.8, 4) is 0 Å². The molecule has 0 aromatic heterocycles. The lowest BCUT2D eigenvalue weighted by atomic mass is 10.3. The Morgan fingerprint density at radius 3 is 2.34 bits per heavy atom. The Bertz CT molecular complexity index is 532. The van der Waals surface area contributed by atoms with Crippen LogP contribution in [0.25, 0.3) is 0 Å². The Kier molecular flexibility index (Phi) is 9.44. The minimum absolute atomic E-state index is 0.134. The van der Waals surface area contributed by atoms with E-state index in [1.165, 1.54) is 11.9 Å². The zero-order valence-electron chi connectivity index (χ0n) is 17.4. The average Bonchev–Trinajstić information content (AvgIpc) is 2.67. The van der Waals surface area contributed by atoms with E-state index in [0.717, 1.165) is 26.2 Å². The van der Waals surface area contributed by atoms with Gasteiger partial charge in [0.2, 0.25) is 5.91 Å². The highest BCUT2D eigenvalue weighted by atomic mass is 19.4. The number of morpholine rings is 1. The number of guanidine groups is 1. The topological polar surface area (TPSA) is 63.7 Å². The predicted octanol–water partition coefficient (Wildman–Crippen LogP) is -0.0776. The quantitative estimate of drug-likeness (QED) is 0.458. The van der Waals surface area contributed by atoms with E-state index in [1.54, 1.807) is 0 Å². The van der Waals surface area contributed by atoms with Crippen molar-refractivity contribution in [2.45, 2.75) is 13.1 Å². The molecule has 0 spiro atoms. The van der Waals surface area contributed by atoms with Crippen LogP contribution in [-0.2, 0) is 9.53 Å². The predicted molar refractivity (Wildman–Crippen MR) is 105 cm³/mol. The van der Waals surface area contributed by atoms with Gasteiger partial charge in [-0.3, -0.25) is 19.6 Å². The molecule has 29 heavy (non-hydrogen) atoms. The van der Waals surface area contributed by atoms with E-state index in [4.69, 9.17) is 4.74 Å². The molecule has 0 atom stereocenters. The van der Waals surface area contributed by atoms with E-state index in [9.17, 15) is 18.0 Å². The fraction of sp³-hybridized carbons (Fsp3) is 0.889. The van der Waals surface area contributed by atoms with Crippen molar-refractivity contribution in [1.82, 2.24) is 24.9 Å². The van der Waals surface area contributed by atoms with E-state index in [2.05, 4.69) is 20.1 Å². The van der Waals surface area contributed by atoms with Crippen molar-refractivity contribution in [3.05, 3.63) is 0 Å². The minimum Gasteiger partial charge on any atom is -0.378 e. The summed E-state index contributed by atoms with van der Waals surface area (Å²) in [5.41, 5.74) is 0. The molecule has 11 heteroatoms. The van der Waals surface area contributed by atoms with E-state index >= 15 is 0 Å². The number of halogens is 3. The number of hydrogen-bond donors (Lipinski definition) is 1. The summed E-state index contributed by atoms with van der Waals surface area (Å²) in [4.78, 5) is 24.2. The smallest absolute Gasteiger partial charge is 0.378 e. The second kappa shape index (κ2) is 11.6. The van der Waals surface area contributed by atoms with Gasteiger partial charge in [0.05, 0.1) is 32.8 Å². The number of ether oxygens (including phenoxy) is 1. The zero-order valence-corrected chi connectivity index (χ0v) is 17.4. The monoisotopic (exact) mass is 422 g/mol. The summed E-state index contributed by atoms with van der Waals surface area (Å²) >= 11 is 0. The van der Waals surface area contributed by atoms with Gasteiger partial charge in [0.15, 0.2) is 5.96 Å². The number of carbonyl (C=O) groups is 1. The molecule has 2 aliphatic rings. The summed E-state index contributed by atoms with van der Waals surface area (Å²) in [6.45, 7) is 8.09. The Balaban J connectivity index is 1.77. The Labute approximate surface area is 170 Å². The van der Waals surface area contributed by atoms with Crippen LogP contribution in [0.4, 0.5) is 13.2 Å². The molecule has 1 amide bonds. The largest absolute Gasteiger partial charge is 0.401 e. The third-order valence-corrected chi connectivity index (χ3v) is 4.92. The average molecular weight is 422 g/mol. The maximum absolute atomic E-state index is 12.4. The summed E-state index contributed by atoms with van der Waals surface area (Å²) < 4.78 is 42.5. The summed E-state index contributed by atoms with van der Waals surface area (Å²) in [5.74, 6) is 0.849. The second-order valence-electron chi connectivity index (χ2n) is 7.34. The van der Waals surface area contributed by atoms with Crippen molar-refractivity contribution >= 4 is 11.9 Å². The van der Waals surface area contributed by atoms with Crippen LogP contribution < -0.4 is 5.32 Å². The molecule has 0 aromatic rings. The molecule has 8 nitrogen and oxygen atoms in total. The molecule has 2 aliphatic heterocycles. The van der Waals surface area contributed by atoms with Gasteiger partial charge in [0.1, 0.15) is 0 Å². The standard InChI is InChI=1S/C18H33F3N6O2/c1-3-22-17(23-4-5-24(2)15-18(19,20)21)27-8-6-25(7-9-27)14-16(28)26-10-12-29-13-11-26/h3-15H2,1-2H3,(H,22,23). The lowest BCUT2D eigenvalue weighted by Crippen LogP contribution is -2.55. The fourth-order valence-corrected chi connectivity index (χ4v) is 3.36. The lowest BCUT2D eigenvalue weighted by Gasteiger charge is -2.37.